The zero-order valence-corrected chi connectivity index (χ0v) is 15.0. The monoisotopic (exact) mass is 432 g/mol. The van der Waals surface area contributed by atoms with Crippen molar-refractivity contribution in [3.05, 3.63) is 22.7 Å². The zero-order chi connectivity index (χ0) is 18.1. The second kappa shape index (κ2) is 7.06. The topological polar surface area (TPSA) is 70.1 Å². The van der Waals surface area contributed by atoms with Gasteiger partial charge in [0, 0.05) is 31.4 Å². The number of nitrogens with zero attached hydrogens (tertiary/aromatic N) is 2. The molecule has 1 aliphatic heterocycles. The minimum Gasteiger partial charge on any atom is -0.405 e. The Kier molecular flexibility index (Phi) is 5.68. The van der Waals surface area contributed by atoms with Crippen molar-refractivity contribution in [2.75, 3.05) is 37.3 Å². The van der Waals surface area contributed by atoms with Gasteiger partial charge in [0.05, 0.1) is 10.2 Å². The van der Waals surface area contributed by atoms with Crippen LogP contribution in [0, 0.1) is 0 Å². The van der Waals surface area contributed by atoms with Crippen molar-refractivity contribution >= 4 is 31.7 Å². The molecule has 1 heterocycles. The number of piperazine rings is 1. The number of benzene rings is 1. The van der Waals surface area contributed by atoms with Crippen molar-refractivity contribution in [3.8, 4) is 5.75 Å². The van der Waals surface area contributed by atoms with Gasteiger partial charge in [0.15, 0.2) is 0 Å². The summed E-state index contributed by atoms with van der Waals surface area (Å²) in [4.78, 5) is 3.67. The SMILES string of the molecule is CN1CCN(c2ccc(OC(F)(F)F)c(Br)c2)CC1CS(=O)(=O)O. The molecular weight excluding hydrogens is 417 g/mol. The summed E-state index contributed by atoms with van der Waals surface area (Å²) < 4.78 is 72.1. The maximum absolute atomic E-state index is 12.3. The molecule has 1 aromatic carbocycles. The largest absolute Gasteiger partial charge is 0.573 e. The van der Waals surface area contributed by atoms with Crippen molar-refractivity contribution in [3.63, 3.8) is 0 Å². The smallest absolute Gasteiger partial charge is 0.405 e. The lowest BCUT2D eigenvalue weighted by molar-refractivity contribution is -0.274. The molecule has 1 saturated heterocycles. The van der Waals surface area contributed by atoms with Crippen LogP contribution in [0.15, 0.2) is 22.7 Å². The van der Waals surface area contributed by atoms with Crippen LogP contribution in [-0.4, -0.2) is 62.7 Å². The Labute approximate surface area is 146 Å². The van der Waals surface area contributed by atoms with Gasteiger partial charge in [0.1, 0.15) is 5.75 Å². The number of alkyl halides is 3. The number of rotatable bonds is 4. The van der Waals surface area contributed by atoms with E-state index in [9.17, 15) is 21.6 Å². The number of halogens is 4. The number of anilines is 1. The van der Waals surface area contributed by atoms with Gasteiger partial charge >= 0.3 is 6.36 Å². The Morgan fingerprint density at radius 1 is 1.38 bits per heavy atom. The van der Waals surface area contributed by atoms with Crippen LogP contribution in [-0.2, 0) is 10.1 Å². The Bertz CT molecular complexity index is 699. The molecule has 0 amide bonds. The van der Waals surface area contributed by atoms with E-state index >= 15 is 0 Å². The summed E-state index contributed by atoms with van der Waals surface area (Å²) in [5.41, 5.74) is 0.629. The summed E-state index contributed by atoms with van der Waals surface area (Å²) in [7, 11) is -2.37. The second-order valence-electron chi connectivity index (χ2n) is 5.49. The lowest BCUT2D eigenvalue weighted by atomic mass is 10.1. The molecule has 1 unspecified atom stereocenters. The molecule has 2 rings (SSSR count). The van der Waals surface area contributed by atoms with E-state index in [1.54, 1.807) is 7.05 Å². The molecule has 1 N–H and O–H groups in total. The molecule has 1 aromatic rings. The highest BCUT2D eigenvalue weighted by molar-refractivity contribution is 9.10. The minimum absolute atomic E-state index is 0.141. The molecule has 136 valence electrons. The molecule has 6 nitrogen and oxygen atoms in total. The van der Waals surface area contributed by atoms with Gasteiger partial charge in [0.25, 0.3) is 10.1 Å². The van der Waals surface area contributed by atoms with Gasteiger partial charge in [-0.1, -0.05) is 0 Å². The molecule has 11 heteroatoms. The predicted octanol–water partition coefficient (Wildman–Crippen LogP) is 2.36. The van der Waals surface area contributed by atoms with E-state index in [0.717, 1.165) is 0 Å². The third-order valence-electron chi connectivity index (χ3n) is 3.69. The summed E-state index contributed by atoms with van der Waals surface area (Å²) >= 11 is 3.04. The van der Waals surface area contributed by atoms with Crippen molar-refractivity contribution in [2.24, 2.45) is 0 Å². The van der Waals surface area contributed by atoms with Crippen molar-refractivity contribution < 1.29 is 30.9 Å². The van der Waals surface area contributed by atoms with Gasteiger partial charge in [-0.3, -0.25) is 9.45 Å². The summed E-state index contributed by atoms with van der Waals surface area (Å²) in [6, 6.07) is 3.74. The Morgan fingerprint density at radius 2 is 2.04 bits per heavy atom. The molecule has 0 aromatic heterocycles. The predicted molar refractivity (Wildman–Crippen MR) is 85.9 cm³/mol. The highest BCUT2D eigenvalue weighted by Gasteiger charge is 2.32. The van der Waals surface area contributed by atoms with Gasteiger partial charge in [-0.05, 0) is 41.2 Å². The van der Waals surface area contributed by atoms with E-state index < -0.39 is 28.3 Å². The van der Waals surface area contributed by atoms with Gasteiger partial charge in [-0.25, -0.2) is 0 Å². The molecule has 24 heavy (non-hydrogen) atoms. The van der Waals surface area contributed by atoms with Gasteiger partial charge in [0.2, 0.25) is 0 Å². The Morgan fingerprint density at radius 3 is 2.58 bits per heavy atom. The molecule has 1 aliphatic rings. The maximum Gasteiger partial charge on any atom is 0.573 e. The fraction of sp³-hybridized carbons (Fsp3) is 0.538. The van der Waals surface area contributed by atoms with Crippen LogP contribution in [0.5, 0.6) is 5.75 Å². The van der Waals surface area contributed by atoms with Gasteiger partial charge < -0.3 is 9.64 Å². The zero-order valence-electron chi connectivity index (χ0n) is 12.6. The van der Waals surface area contributed by atoms with Crippen LogP contribution in [0.2, 0.25) is 0 Å². The average Bonchev–Trinajstić information content (AvgIpc) is 2.41. The fourth-order valence-electron chi connectivity index (χ4n) is 2.50. The van der Waals surface area contributed by atoms with Crippen molar-refractivity contribution in [1.82, 2.24) is 4.90 Å². The van der Waals surface area contributed by atoms with Crippen LogP contribution < -0.4 is 9.64 Å². The van der Waals surface area contributed by atoms with E-state index in [0.29, 0.717) is 25.3 Å². The van der Waals surface area contributed by atoms with E-state index in [1.165, 1.54) is 18.2 Å². The average molecular weight is 433 g/mol. The lowest BCUT2D eigenvalue weighted by Gasteiger charge is -2.40. The first-order chi connectivity index (χ1) is 10.9. The van der Waals surface area contributed by atoms with E-state index in [1.807, 2.05) is 9.80 Å². The molecule has 1 fully saturated rings. The standard InChI is InChI=1S/C13H16BrF3N2O4S/c1-18-4-5-19(7-10(18)8-24(20,21)22)9-2-3-12(11(14)6-9)23-13(15,16)17/h2-3,6,10H,4-5,7-8H2,1H3,(H,20,21,22). The molecule has 0 radical (unpaired) electrons. The first kappa shape index (κ1) is 19.3. The summed E-state index contributed by atoms with van der Waals surface area (Å²) in [6.45, 7) is 1.45. The summed E-state index contributed by atoms with van der Waals surface area (Å²) in [5.74, 6) is -0.758. The number of hydrogen-bond acceptors (Lipinski definition) is 5. The molecule has 0 saturated carbocycles. The first-order valence-corrected chi connectivity index (χ1v) is 9.30. The molecule has 0 aliphatic carbocycles. The van der Waals surface area contributed by atoms with Crippen LogP contribution >= 0.6 is 15.9 Å². The number of hydrogen-bond donors (Lipinski definition) is 1. The summed E-state index contributed by atoms with van der Waals surface area (Å²) in [6.07, 6.45) is -4.78. The molecule has 1 atom stereocenters. The van der Waals surface area contributed by atoms with Gasteiger partial charge in [-0.15, -0.1) is 13.2 Å². The van der Waals surface area contributed by atoms with Crippen LogP contribution in [0.4, 0.5) is 18.9 Å². The summed E-state index contributed by atoms with van der Waals surface area (Å²) in [5, 5.41) is 0. The second-order valence-corrected chi connectivity index (χ2v) is 7.84. The molecule has 0 spiro atoms. The maximum atomic E-state index is 12.3. The Balaban J connectivity index is 2.15. The van der Waals surface area contributed by atoms with Crippen LogP contribution in [0.1, 0.15) is 0 Å². The van der Waals surface area contributed by atoms with Crippen LogP contribution in [0.25, 0.3) is 0 Å². The van der Waals surface area contributed by atoms with Gasteiger partial charge in [-0.2, -0.15) is 8.42 Å². The molecular formula is C13H16BrF3N2O4S. The third-order valence-corrected chi connectivity index (χ3v) is 5.11. The Hall–Kier alpha value is -1.04. The fourth-order valence-corrected chi connectivity index (χ4v) is 3.79. The highest BCUT2D eigenvalue weighted by atomic mass is 79.9. The van der Waals surface area contributed by atoms with E-state index in [2.05, 4.69) is 20.7 Å². The van der Waals surface area contributed by atoms with Crippen molar-refractivity contribution in [2.45, 2.75) is 12.4 Å². The number of ether oxygens (including phenoxy) is 1. The molecule has 0 bridgehead atoms. The van der Waals surface area contributed by atoms with E-state index in [4.69, 9.17) is 4.55 Å². The first-order valence-electron chi connectivity index (χ1n) is 6.90. The third kappa shape index (κ3) is 5.50. The highest BCUT2D eigenvalue weighted by Crippen LogP contribution is 2.34. The normalized spacial score (nSPS) is 20.2. The van der Waals surface area contributed by atoms with E-state index in [-0.39, 0.29) is 10.2 Å². The van der Waals surface area contributed by atoms with Crippen molar-refractivity contribution in [1.29, 1.82) is 0 Å². The van der Waals surface area contributed by atoms with Crippen LogP contribution in [0.3, 0.4) is 0 Å². The number of likely N-dealkylation sites (N-methyl/N-ethyl adjacent to an activating group) is 1. The minimum atomic E-state index is -4.78. The quantitative estimate of drug-likeness (QED) is 0.736. The lowest BCUT2D eigenvalue weighted by Crippen LogP contribution is -2.54.